The lowest BCUT2D eigenvalue weighted by Crippen LogP contribution is -2.27. The molecule has 0 N–H and O–H groups in total. The molecular formula is C19H22BrN5O2. The summed E-state index contributed by atoms with van der Waals surface area (Å²) in [5, 5.41) is 8.78. The molecule has 1 amide bonds. The first kappa shape index (κ1) is 19.2. The maximum atomic E-state index is 12.6. The molecule has 3 aromatic rings. The number of hydrogen-bond acceptors (Lipinski definition) is 4. The largest absolute Gasteiger partial charge is 0.471 e. The molecule has 0 saturated carbocycles. The fourth-order valence-electron chi connectivity index (χ4n) is 2.60. The van der Waals surface area contributed by atoms with Gasteiger partial charge in [-0.15, -0.1) is 0 Å². The van der Waals surface area contributed by atoms with Crippen LogP contribution < -0.4 is 4.74 Å². The minimum atomic E-state index is -0.164. The van der Waals surface area contributed by atoms with E-state index in [0.29, 0.717) is 12.2 Å². The molecule has 0 saturated heterocycles. The van der Waals surface area contributed by atoms with Crippen LogP contribution in [0.4, 0.5) is 0 Å². The zero-order chi connectivity index (χ0) is 19.4. The summed E-state index contributed by atoms with van der Waals surface area (Å²) in [7, 11) is 1.74. The van der Waals surface area contributed by atoms with Gasteiger partial charge in [0.25, 0.3) is 5.91 Å². The van der Waals surface area contributed by atoms with Crippen LogP contribution in [0.1, 0.15) is 28.7 Å². The van der Waals surface area contributed by atoms with Gasteiger partial charge in [0.1, 0.15) is 5.75 Å². The Kier molecular flexibility index (Phi) is 5.95. The highest BCUT2D eigenvalue weighted by Crippen LogP contribution is 2.18. The Bertz CT molecular complexity index is 934. The first-order chi connectivity index (χ1) is 13.0. The lowest BCUT2D eigenvalue weighted by Gasteiger charge is -2.14. The fraction of sp³-hybridized carbons (Fsp3) is 0.316. The summed E-state index contributed by atoms with van der Waals surface area (Å²) < 4.78 is 10.1. The molecule has 0 unspecified atom stereocenters. The lowest BCUT2D eigenvalue weighted by atomic mass is 10.2. The van der Waals surface area contributed by atoms with E-state index in [1.54, 1.807) is 28.9 Å². The topological polar surface area (TPSA) is 65.2 Å². The number of carbonyl (C=O) groups excluding carboxylic acids is 1. The SMILES string of the molecule is CCn1cc(Br)c(CN(C)C(=O)c2ccn(COc3ccccc3C)n2)n1. The van der Waals surface area contributed by atoms with Crippen molar-refractivity contribution in [2.45, 2.75) is 33.7 Å². The number of benzene rings is 1. The Labute approximate surface area is 166 Å². The van der Waals surface area contributed by atoms with Crippen LogP contribution in [0, 0.1) is 6.92 Å². The van der Waals surface area contributed by atoms with E-state index in [1.807, 2.05) is 49.0 Å². The van der Waals surface area contributed by atoms with Crippen molar-refractivity contribution in [1.82, 2.24) is 24.5 Å². The zero-order valence-corrected chi connectivity index (χ0v) is 17.2. The molecule has 142 valence electrons. The van der Waals surface area contributed by atoms with Crippen LogP contribution in [0.25, 0.3) is 0 Å². The maximum absolute atomic E-state index is 12.6. The van der Waals surface area contributed by atoms with Gasteiger partial charge in [0.2, 0.25) is 0 Å². The van der Waals surface area contributed by atoms with E-state index in [1.165, 1.54) is 0 Å². The molecule has 2 heterocycles. The molecule has 0 spiro atoms. The molecule has 3 rings (SSSR count). The van der Waals surface area contributed by atoms with Crippen molar-refractivity contribution in [2.75, 3.05) is 7.05 Å². The summed E-state index contributed by atoms with van der Waals surface area (Å²) in [4.78, 5) is 14.2. The lowest BCUT2D eigenvalue weighted by molar-refractivity contribution is 0.0775. The quantitative estimate of drug-likeness (QED) is 0.574. The first-order valence-corrected chi connectivity index (χ1v) is 9.46. The van der Waals surface area contributed by atoms with E-state index in [-0.39, 0.29) is 12.6 Å². The second kappa shape index (κ2) is 8.39. The van der Waals surface area contributed by atoms with Crippen LogP contribution in [-0.2, 0) is 19.8 Å². The van der Waals surface area contributed by atoms with Gasteiger partial charge in [-0.05, 0) is 47.5 Å². The number of rotatable bonds is 7. The van der Waals surface area contributed by atoms with Crippen LogP contribution in [-0.4, -0.2) is 37.4 Å². The number of para-hydroxylation sites is 1. The van der Waals surface area contributed by atoms with Gasteiger partial charge in [-0.3, -0.25) is 9.48 Å². The molecule has 1 aromatic carbocycles. The monoisotopic (exact) mass is 431 g/mol. The Morgan fingerprint density at radius 2 is 2.00 bits per heavy atom. The van der Waals surface area contributed by atoms with E-state index in [2.05, 4.69) is 26.1 Å². The minimum absolute atomic E-state index is 0.164. The van der Waals surface area contributed by atoms with E-state index in [9.17, 15) is 4.79 Å². The summed E-state index contributed by atoms with van der Waals surface area (Å²) in [5.41, 5.74) is 2.24. The number of aromatic nitrogens is 4. The third-order valence-corrected chi connectivity index (χ3v) is 4.81. The molecule has 0 bridgehead atoms. The van der Waals surface area contributed by atoms with E-state index >= 15 is 0 Å². The Morgan fingerprint density at radius 3 is 2.70 bits per heavy atom. The third-order valence-electron chi connectivity index (χ3n) is 4.15. The summed E-state index contributed by atoms with van der Waals surface area (Å²) in [6.45, 7) is 5.43. The zero-order valence-electron chi connectivity index (χ0n) is 15.6. The van der Waals surface area contributed by atoms with Crippen LogP contribution >= 0.6 is 15.9 Å². The van der Waals surface area contributed by atoms with Crippen LogP contribution in [0.3, 0.4) is 0 Å². The number of ether oxygens (including phenoxy) is 1. The van der Waals surface area contributed by atoms with Crippen molar-refractivity contribution in [3.63, 3.8) is 0 Å². The Hall–Kier alpha value is -2.61. The Balaban J connectivity index is 1.62. The summed E-state index contributed by atoms with van der Waals surface area (Å²) in [6, 6.07) is 9.48. The molecule has 8 heteroatoms. The van der Waals surface area contributed by atoms with Crippen LogP contribution in [0.2, 0.25) is 0 Å². The highest BCUT2D eigenvalue weighted by atomic mass is 79.9. The predicted octanol–water partition coefficient (Wildman–Crippen LogP) is 3.48. The molecule has 27 heavy (non-hydrogen) atoms. The van der Waals surface area contributed by atoms with Crippen molar-refractivity contribution < 1.29 is 9.53 Å². The smallest absolute Gasteiger partial charge is 0.274 e. The Morgan fingerprint density at radius 1 is 1.22 bits per heavy atom. The van der Waals surface area contributed by atoms with Gasteiger partial charge in [-0.2, -0.15) is 10.2 Å². The molecular weight excluding hydrogens is 410 g/mol. The van der Waals surface area contributed by atoms with Gasteiger partial charge in [-0.1, -0.05) is 18.2 Å². The standard InChI is InChI=1S/C19H22BrN5O2/c1-4-24-11-15(20)17(22-24)12-23(3)19(26)16-9-10-25(21-16)13-27-18-8-6-5-7-14(18)2/h5-11H,4,12-13H2,1-3H3. The number of halogens is 1. The summed E-state index contributed by atoms with van der Waals surface area (Å²) >= 11 is 3.49. The van der Waals surface area contributed by atoms with E-state index in [0.717, 1.165) is 28.0 Å². The highest BCUT2D eigenvalue weighted by Gasteiger charge is 2.18. The van der Waals surface area contributed by atoms with Gasteiger partial charge in [0.05, 0.1) is 16.7 Å². The third kappa shape index (κ3) is 4.57. The average Bonchev–Trinajstić information content (AvgIpc) is 3.27. The number of amides is 1. The molecule has 0 aliphatic carbocycles. The fourth-order valence-corrected chi connectivity index (χ4v) is 3.04. The van der Waals surface area contributed by atoms with Gasteiger partial charge in [-0.25, -0.2) is 4.68 Å². The van der Waals surface area contributed by atoms with Gasteiger partial charge < -0.3 is 9.64 Å². The van der Waals surface area contributed by atoms with E-state index < -0.39 is 0 Å². The van der Waals surface area contributed by atoms with Crippen LogP contribution in [0.15, 0.2) is 47.2 Å². The normalized spacial score (nSPS) is 10.8. The van der Waals surface area contributed by atoms with Crippen molar-refractivity contribution in [1.29, 1.82) is 0 Å². The summed E-state index contributed by atoms with van der Waals surface area (Å²) in [5.74, 6) is 0.636. The number of hydrogen-bond donors (Lipinski definition) is 0. The first-order valence-electron chi connectivity index (χ1n) is 8.67. The minimum Gasteiger partial charge on any atom is -0.471 e. The highest BCUT2D eigenvalue weighted by molar-refractivity contribution is 9.10. The van der Waals surface area contributed by atoms with E-state index in [4.69, 9.17) is 4.74 Å². The maximum Gasteiger partial charge on any atom is 0.274 e. The number of nitrogens with zero attached hydrogens (tertiary/aromatic N) is 5. The molecule has 7 nitrogen and oxygen atoms in total. The predicted molar refractivity (Wildman–Crippen MR) is 105 cm³/mol. The second-order valence-corrected chi connectivity index (χ2v) is 7.07. The number of carbonyl (C=O) groups is 1. The van der Waals surface area contributed by atoms with Gasteiger partial charge in [0.15, 0.2) is 12.4 Å². The van der Waals surface area contributed by atoms with Gasteiger partial charge in [0, 0.05) is 26.0 Å². The summed E-state index contributed by atoms with van der Waals surface area (Å²) in [6.07, 6.45) is 3.65. The second-order valence-electron chi connectivity index (χ2n) is 6.22. The van der Waals surface area contributed by atoms with Crippen LogP contribution in [0.5, 0.6) is 5.75 Å². The molecule has 0 atom stereocenters. The van der Waals surface area contributed by atoms with Crippen molar-refractivity contribution in [3.05, 3.63) is 64.1 Å². The molecule has 0 aliphatic rings. The number of aryl methyl sites for hydroxylation is 2. The van der Waals surface area contributed by atoms with Gasteiger partial charge >= 0.3 is 0 Å². The molecule has 0 aliphatic heterocycles. The van der Waals surface area contributed by atoms with Crippen molar-refractivity contribution >= 4 is 21.8 Å². The molecule has 2 aromatic heterocycles. The molecule has 0 radical (unpaired) electrons. The average molecular weight is 432 g/mol. The van der Waals surface area contributed by atoms with Crippen molar-refractivity contribution in [2.24, 2.45) is 0 Å². The molecule has 0 fully saturated rings. The van der Waals surface area contributed by atoms with Crippen molar-refractivity contribution in [3.8, 4) is 5.75 Å².